The molecule has 0 bridgehead atoms. The fraction of sp³-hybridized carbons (Fsp3) is 0.280. The number of nitrogens with zero attached hydrogens (tertiary/aromatic N) is 8. The van der Waals surface area contributed by atoms with Crippen LogP contribution in [0.4, 0.5) is 11.6 Å². The van der Waals surface area contributed by atoms with Crippen LogP contribution in [0.2, 0.25) is 0 Å². The molecule has 0 radical (unpaired) electrons. The van der Waals surface area contributed by atoms with Gasteiger partial charge in [-0.3, -0.25) is 14.4 Å². The predicted molar refractivity (Wildman–Crippen MR) is 141 cm³/mol. The summed E-state index contributed by atoms with van der Waals surface area (Å²) in [5.74, 6) is -0.816. The monoisotopic (exact) mass is 545 g/mol. The van der Waals surface area contributed by atoms with E-state index in [9.17, 15) is 14.4 Å². The number of thiazole rings is 1. The van der Waals surface area contributed by atoms with Gasteiger partial charge in [0.05, 0.1) is 30.6 Å². The van der Waals surface area contributed by atoms with E-state index in [0.717, 1.165) is 5.69 Å². The number of anilines is 2. The second-order valence-electron chi connectivity index (χ2n) is 8.96. The number of ketones is 1. The molecule has 1 N–H and O–H groups in total. The van der Waals surface area contributed by atoms with Crippen LogP contribution in [0.5, 0.6) is 5.75 Å². The fourth-order valence-corrected chi connectivity index (χ4v) is 5.50. The number of benzene rings is 1. The molecule has 0 spiro atoms. The van der Waals surface area contributed by atoms with Crippen molar-refractivity contribution in [3.63, 3.8) is 0 Å². The van der Waals surface area contributed by atoms with Gasteiger partial charge in [-0.2, -0.15) is 4.68 Å². The number of hydrogen-bond acceptors (Lipinski definition) is 12. The predicted octanol–water partition coefficient (Wildman–Crippen LogP) is 1.43. The molecule has 1 aromatic carbocycles. The van der Waals surface area contributed by atoms with E-state index < -0.39 is 17.6 Å². The van der Waals surface area contributed by atoms with Crippen LogP contribution in [-0.2, 0) is 9.59 Å². The van der Waals surface area contributed by atoms with Crippen LogP contribution >= 0.6 is 11.3 Å². The second kappa shape index (κ2) is 10.2. The lowest BCUT2D eigenvalue weighted by molar-refractivity contribution is -0.145. The third-order valence-electron chi connectivity index (χ3n) is 6.83. The summed E-state index contributed by atoms with van der Waals surface area (Å²) in [5.41, 5.74) is 3.01. The van der Waals surface area contributed by atoms with Crippen molar-refractivity contribution >= 4 is 40.9 Å². The van der Waals surface area contributed by atoms with Crippen LogP contribution in [0.15, 0.2) is 41.9 Å². The molecule has 1 fully saturated rings. The minimum absolute atomic E-state index is 0.228. The van der Waals surface area contributed by atoms with Gasteiger partial charge in [-0.15, -0.1) is 11.3 Å². The van der Waals surface area contributed by atoms with Gasteiger partial charge in [0.2, 0.25) is 11.7 Å². The molecule has 6 rings (SSSR count). The molecular weight excluding hydrogens is 522 g/mol. The highest BCUT2D eigenvalue weighted by Gasteiger charge is 2.40. The van der Waals surface area contributed by atoms with Gasteiger partial charge < -0.3 is 19.9 Å². The molecule has 4 aromatic rings. The summed E-state index contributed by atoms with van der Waals surface area (Å²) in [7, 11) is 1.49. The molecule has 1 atom stereocenters. The number of nitrogens with one attached hydrogen (secondary N) is 1. The van der Waals surface area contributed by atoms with Crippen LogP contribution in [0.3, 0.4) is 0 Å². The summed E-state index contributed by atoms with van der Waals surface area (Å²) >= 11 is 1.21. The zero-order valence-corrected chi connectivity index (χ0v) is 21.7. The van der Waals surface area contributed by atoms with Crippen molar-refractivity contribution in [1.29, 1.82) is 0 Å². The Labute approximate surface area is 226 Å². The van der Waals surface area contributed by atoms with E-state index in [1.165, 1.54) is 24.6 Å². The van der Waals surface area contributed by atoms with Gasteiger partial charge >= 0.3 is 0 Å². The van der Waals surface area contributed by atoms with E-state index in [-0.39, 0.29) is 6.54 Å². The zero-order chi connectivity index (χ0) is 26.9. The van der Waals surface area contributed by atoms with Gasteiger partial charge in [0.15, 0.2) is 11.3 Å². The average molecular weight is 546 g/mol. The Bertz CT molecular complexity index is 1550. The molecule has 1 amide bonds. The van der Waals surface area contributed by atoms with Crippen LogP contribution in [0, 0.1) is 0 Å². The molecule has 3 aromatic heterocycles. The molecule has 198 valence electrons. The first-order valence-corrected chi connectivity index (χ1v) is 13.1. The van der Waals surface area contributed by atoms with Crippen molar-refractivity contribution in [2.24, 2.45) is 0 Å². The Hall–Kier alpha value is -4.72. The summed E-state index contributed by atoms with van der Waals surface area (Å²) in [6.45, 7) is 1.89. The number of rotatable bonds is 7. The van der Waals surface area contributed by atoms with E-state index in [4.69, 9.17) is 4.74 Å². The number of para-hydroxylation sites is 1. The second-order valence-corrected chi connectivity index (χ2v) is 9.85. The maximum atomic E-state index is 13.5. The number of aromatic nitrogens is 6. The van der Waals surface area contributed by atoms with Gasteiger partial charge in [0, 0.05) is 43.7 Å². The summed E-state index contributed by atoms with van der Waals surface area (Å²) in [5, 5.41) is 17.4. The number of piperazine rings is 1. The molecule has 14 heteroatoms. The van der Waals surface area contributed by atoms with E-state index in [2.05, 4.69) is 30.8 Å². The topological polar surface area (TPSA) is 148 Å². The molecule has 1 unspecified atom stereocenters. The number of ether oxygens (including phenoxy) is 1. The third kappa shape index (κ3) is 4.37. The summed E-state index contributed by atoms with van der Waals surface area (Å²) in [6.07, 6.45) is 2.19. The van der Waals surface area contributed by atoms with Crippen LogP contribution in [-0.4, -0.2) is 92.9 Å². The van der Waals surface area contributed by atoms with E-state index in [0.29, 0.717) is 71.8 Å². The quantitative estimate of drug-likeness (QED) is 0.265. The van der Waals surface area contributed by atoms with E-state index in [1.807, 2.05) is 35.2 Å². The average Bonchev–Trinajstić information content (AvgIpc) is 3.76. The van der Waals surface area contributed by atoms with Gasteiger partial charge in [-0.25, -0.2) is 9.97 Å². The first-order valence-electron chi connectivity index (χ1n) is 12.2. The van der Waals surface area contributed by atoms with Crippen molar-refractivity contribution < 1.29 is 19.1 Å². The van der Waals surface area contributed by atoms with Gasteiger partial charge in [-0.1, -0.05) is 23.3 Å². The summed E-state index contributed by atoms with van der Waals surface area (Å²) < 4.78 is 7.16. The standard InChI is InChI=1S/C25H23N9O4S/c1-38-18-12-27-21(17-14-39-19(13-35)28-17)22-20(18)16(11-26-22)23(36)24(37)32-7-9-33(10-8-32)25-29-30-31-34(25)15-5-3-2-4-6-15/h2-6,12-14,16,26H,7-11H2,1H3. The molecule has 2 aliphatic heterocycles. The van der Waals surface area contributed by atoms with Gasteiger partial charge in [0.1, 0.15) is 17.1 Å². The number of fused-ring (bicyclic) bond motifs is 1. The van der Waals surface area contributed by atoms with Crippen LogP contribution in [0.25, 0.3) is 17.1 Å². The lowest BCUT2D eigenvalue weighted by Gasteiger charge is -2.34. The SMILES string of the molecule is COc1cnc(-c2csc(C=O)n2)c2c1C(C(=O)C(=O)N1CCN(c3nnnn3-c3ccccc3)CC1)CN2. The van der Waals surface area contributed by atoms with Gasteiger partial charge in [0.25, 0.3) is 5.91 Å². The van der Waals surface area contributed by atoms with Crippen molar-refractivity contribution in [2.45, 2.75) is 5.92 Å². The Kier molecular flexibility index (Phi) is 6.44. The van der Waals surface area contributed by atoms with Crippen molar-refractivity contribution in [2.75, 3.05) is 50.1 Å². The number of tetrazole rings is 1. The Morgan fingerprint density at radius 3 is 2.67 bits per heavy atom. The number of carbonyl (C=O) groups is 3. The number of hydrogen-bond donors (Lipinski definition) is 1. The maximum absolute atomic E-state index is 13.5. The number of pyridine rings is 1. The highest BCUT2D eigenvalue weighted by Crippen LogP contribution is 2.44. The summed E-state index contributed by atoms with van der Waals surface area (Å²) in [6, 6.07) is 9.56. The Balaban J connectivity index is 1.18. The molecular formula is C25H23N9O4S. The summed E-state index contributed by atoms with van der Waals surface area (Å²) in [4.78, 5) is 50.3. The number of aldehydes is 1. The molecule has 2 aliphatic rings. The Morgan fingerprint density at radius 1 is 1.15 bits per heavy atom. The molecule has 0 aliphatic carbocycles. The van der Waals surface area contributed by atoms with Crippen LogP contribution in [0.1, 0.15) is 21.3 Å². The van der Waals surface area contributed by atoms with Gasteiger partial charge in [-0.05, 0) is 22.6 Å². The van der Waals surface area contributed by atoms with E-state index >= 15 is 0 Å². The molecule has 1 saturated heterocycles. The van der Waals surface area contributed by atoms with Crippen molar-refractivity contribution in [1.82, 2.24) is 35.1 Å². The lowest BCUT2D eigenvalue weighted by Crippen LogP contribution is -2.52. The minimum atomic E-state index is -0.739. The zero-order valence-electron chi connectivity index (χ0n) is 20.9. The molecule has 0 saturated carbocycles. The molecule has 39 heavy (non-hydrogen) atoms. The number of Topliss-reactive ketones (excluding diaryl/α,β-unsaturated/α-hetero) is 1. The Morgan fingerprint density at radius 2 is 1.95 bits per heavy atom. The number of methoxy groups -OCH3 is 1. The minimum Gasteiger partial charge on any atom is -0.495 e. The van der Waals surface area contributed by atoms with Crippen molar-refractivity contribution in [3.05, 3.63) is 52.5 Å². The molecule has 5 heterocycles. The highest BCUT2D eigenvalue weighted by atomic mass is 32.1. The van der Waals surface area contributed by atoms with Crippen LogP contribution < -0.4 is 15.0 Å². The highest BCUT2D eigenvalue weighted by molar-refractivity contribution is 7.11. The largest absolute Gasteiger partial charge is 0.495 e. The maximum Gasteiger partial charge on any atom is 0.290 e. The normalized spacial score (nSPS) is 16.5. The van der Waals surface area contributed by atoms with E-state index in [1.54, 1.807) is 15.0 Å². The number of carbonyl (C=O) groups excluding carboxylic acids is 3. The fourth-order valence-electron chi connectivity index (χ4n) is 4.90. The first kappa shape index (κ1) is 24.6. The number of amides is 1. The smallest absolute Gasteiger partial charge is 0.290 e. The lowest BCUT2D eigenvalue weighted by atomic mass is 9.94. The third-order valence-corrected chi connectivity index (χ3v) is 7.60. The van der Waals surface area contributed by atoms with Crippen molar-refractivity contribution in [3.8, 4) is 22.8 Å². The first-order chi connectivity index (χ1) is 19.1. The molecule has 13 nitrogen and oxygen atoms in total.